The van der Waals surface area contributed by atoms with Gasteiger partial charge >= 0.3 is 11.9 Å². The molecule has 0 aliphatic carbocycles. The normalized spacial score (nSPS) is 15.5. The van der Waals surface area contributed by atoms with Crippen LogP contribution in [0.15, 0.2) is 133 Å². The van der Waals surface area contributed by atoms with Gasteiger partial charge in [-0.2, -0.15) is 4.58 Å². The molecule has 0 saturated carbocycles. The minimum Gasteiger partial charge on any atom is -0.481 e. The molecular formula is C64H84N3O4+. The first-order valence-electron chi connectivity index (χ1n) is 27.5. The van der Waals surface area contributed by atoms with E-state index in [-0.39, 0.29) is 23.7 Å². The first kappa shape index (κ1) is 54.5. The van der Waals surface area contributed by atoms with Crippen molar-refractivity contribution < 1.29 is 24.4 Å². The fourth-order valence-electron chi connectivity index (χ4n) is 11.6. The molecule has 0 unspecified atom stereocenters. The van der Waals surface area contributed by atoms with E-state index in [2.05, 4.69) is 159 Å². The fraction of sp³-hybridized carbons (Fsp3) is 0.469. The number of anilines is 1. The summed E-state index contributed by atoms with van der Waals surface area (Å²) in [6.45, 7) is 9.73. The summed E-state index contributed by atoms with van der Waals surface area (Å²) < 4.78 is 2.29. The number of fused-ring (bicyclic) bond motifs is 2. The predicted molar refractivity (Wildman–Crippen MR) is 298 cm³/mol. The third kappa shape index (κ3) is 13.8. The van der Waals surface area contributed by atoms with Crippen LogP contribution in [0.3, 0.4) is 0 Å². The number of nitrogens with one attached hydrogen (secondary N) is 1. The zero-order valence-electron chi connectivity index (χ0n) is 43.7. The summed E-state index contributed by atoms with van der Waals surface area (Å²) >= 11 is 0. The SMILES string of the molecule is CCCCCCC1(CCCCCC)C(/C=C/C(C=N)=C/C=C2/N(CCC(=O)O)c3ccc(-c4ccccc4)cc3C2(CCCCCC)CCCCCC)=[N+](CCC(=O)O)c2ccc(-c3ccccc3)cc21. The molecular weight excluding hydrogens is 875 g/mol. The average molecular weight is 959 g/mol. The Morgan fingerprint density at radius 3 is 1.56 bits per heavy atom. The number of aliphatic carboxylic acids is 2. The zero-order valence-corrected chi connectivity index (χ0v) is 43.7. The summed E-state index contributed by atoms with van der Waals surface area (Å²) in [6.07, 6.45) is 32.0. The highest BCUT2D eigenvalue weighted by molar-refractivity contribution is 6.05. The lowest BCUT2D eigenvalue weighted by Gasteiger charge is -2.34. The molecule has 0 amide bonds. The van der Waals surface area contributed by atoms with Gasteiger partial charge in [0.15, 0.2) is 12.3 Å². The molecule has 4 aromatic carbocycles. The Kier molecular flexibility index (Phi) is 21.3. The van der Waals surface area contributed by atoms with E-state index < -0.39 is 11.9 Å². The largest absolute Gasteiger partial charge is 0.481 e. The molecule has 0 spiro atoms. The molecule has 7 nitrogen and oxygen atoms in total. The highest BCUT2D eigenvalue weighted by atomic mass is 16.4. The summed E-state index contributed by atoms with van der Waals surface area (Å²) in [7, 11) is 0. The van der Waals surface area contributed by atoms with Gasteiger partial charge in [-0.25, -0.2) is 0 Å². The van der Waals surface area contributed by atoms with E-state index in [0.717, 1.165) is 131 Å². The first-order valence-corrected chi connectivity index (χ1v) is 27.5. The van der Waals surface area contributed by atoms with Crippen molar-refractivity contribution in [3.63, 3.8) is 0 Å². The third-order valence-corrected chi connectivity index (χ3v) is 15.3. The molecule has 0 saturated heterocycles. The highest BCUT2D eigenvalue weighted by Gasteiger charge is 2.51. The monoisotopic (exact) mass is 959 g/mol. The lowest BCUT2D eigenvalue weighted by Crippen LogP contribution is -2.35. The minimum atomic E-state index is -0.820. The van der Waals surface area contributed by atoms with Crippen LogP contribution in [0.1, 0.15) is 180 Å². The first-order chi connectivity index (χ1) is 34.7. The van der Waals surface area contributed by atoms with E-state index in [0.29, 0.717) is 13.1 Å². The Labute approximate surface area is 427 Å². The molecule has 2 aliphatic rings. The second kappa shape index (κ2) is 27.7. The second-order valence-electron chi connectivity index (χ2n) is 20.3. The maximum Gasteiger partial charge on any atom is 0.309 e. The Morgan fingerprint density at radius 1 is 0.577 bits per heavy atom. The molecule has 0 bridgehead atoms. The zero-order chi connectivity index (χ0) is 50.5. The lowest BCUT2D eigenvalue weighted by atomic mass is 9.69. The van der Waals surface area contributed by atoms with Crippen LogP contribution in [-0.2, 0) is 20.4 Å². The number of rotatable bonds is 32. The number of allylic oxidation sites excluding steroid dienone is 6. The number of hydrogen-bond donors (Lipinski definition) is 3. The maximum absolute atomic E-state index is 12.4. The lowest BCUT2D eigenvalue weighted by molar-refractivity contribution is -0.436. The van der Waals surface area contributed by atoms with Crippen molar-refractivity contribution in [3.05, 3.63) is 144 Å². The number of carboxylic acid groups (broad SMARTS) is 2. The van der Waals surface area contributed by atoms with Crippen molar-refractivity contribution in [2.45, 2.75) is 180 Å². The van der Waals surface area contributed by atoms with Crippen LogP contribution >= 0.6 is 0 Å². The van der Waals surface area contributed by atoms with Gasteiger partial charge in [0.05, 0.1) is 11.8 Å². The van der Waals surface area contributed by atoms with Gasteiger partial charge < -0.3 is 20.5 Å². The molecule has 2 heterocycles. The van der Waals surface area contributed by atoms with E-state index in [1.165, 1.54) is 65.3 Å². The predicted octanol–water partition coefficient (Wildman–Crippen LogP) is 17.0. The Hall–Kier alpha value is -5.82. The number of unbranched alkanes of at least 4 members (excludes halogenated alkanes) is 12. The number of nitrogens with zero attached hydrogens (tertiary/aromatic N) is 2. The van der Waals surface area contributed by atoms with E-state index in [4.69, 9.17) is 5.41 Å². The molecule has 71 heavy (non-hydrogen) atoms. The molecule has 378 valence electrons. The summed E-state index contributed by atoms with van der Waals surface area (Å²) in [6, 6.07) is 34.8. The van der Waals surface area contributed by atoms with E-state index in [1.807, 2.05) is 0 Å². The van der Waals surface area contributed by atoms with Crippen LogP contribution in [0.2, 0.25) is 0 Å². The van der Waals surface area contributed by atoms with E-state index >= 15 is 0 Å². The Morgan fingerprint density at radius 2 is 1.07 bits per heavy atom. The summed E-state index contributed by atoms with van der Waals surface area (Å²) in [5.41, 5.74) is 11.7. The molecule has 0 atom stereocenters. The minimum absolute atomic E-state index is 0.00957. The maximum atomic E-state index is 12.4. The molecule has 3 N–H and O–H groups in total. The number of carboxylic acids is 2. The van der Waals surface area contributed by atoms with Gasteiger partial charge in [-0.15, -0.1) is 0 Å². The van der Waals surface area contributed by atoms with Crippen LogP contribution in [0.25, 0.3) is 22.3 Å². The molecule has 0 radical (unpaired) electrons. The summed E-state index contributed by atoms with van der Waals surface area (Å²) in [4.78, 5) is 27.1. The standard InChI is InChI=1S/C64H83N3O4/c1-5-9-13-23-41-63(42-24-14-10-6-2)55-47-53(51-27-19-17-20-28-51)33-35-57(55)66(45-39-61(68)69)59(63)37-31-50(49-65)32-38-60-64(43-25-15-11-7-3,44-26-16-12-8-4)56-48-54(52-29-21-18-22-30-52)34-36-58(56)67(60)46-40-62(70)71/h17-22,27-38,47-49,65H,5-16,23-26,39-46H2,1-4H3,(H-,68,69,70,71)/p+1. The highest BCUT2D eigenvalue weighted by Crippen LogP contribution is 2.55. The van der Waals surface area contributed by atoms with Gasteiger partial charge in [0.25, 0.3) is 0 Å². The van der Waals surface area contributed by atoms with E-state index in [9.17, 15) is 19.8 Å². The number of carbonyl (C=O) groups is 2. The molecule has 2 aliphatic heterocycles. The van der Waals surface area contributed by atoms with Gasteiger partial charge in [-0.05, 0) is 95.5 Å². The van der Waals surface area contributed by atoms with Gasteiger partial charge in [-0.3, -0.25) is 9.59 Å². The number of hydrogen-bond acceptors (Lipinski definition) is 4. The van der Waals surface area contributed by atoms with Gasteiger partial charge in [0.1, 0.15) is 6.42 Å². The quantitative estimate of drug-likeness (QED) is 0.0196. The van der Waals surface area contributed by atoms with Crippen LogP contribution in [-0.4, -0.2) is 51.7 Å². The Bertz CT molecular complexity index is 2460. The number of benzene rings is 4. The van der Waals surface area contributed by atoms with Crippen molar-refractivity contribution in [1.29, 1.82) is 5.41 Å². The van der Waals surface area contributed by atoms with Crippen molar-refractivity contribution in [2.24, 2.45) is 0 Å². The van der Waals surface area contributed by atoms with Crippen molar-refractivity contribution in [2.75, 3.05) is 18.0 Å². The smallest absolute Gasteiger partial charge is 0.309 e. The van der Waals surface area contributed by atoms with Gasteiger partial charge in [0, 0.05) is 47.3 Å². The topological polar surface area (TPSA) is 105 Å². The van der Waals surface area contributed by atoms with Crippen LogP contribution < -0.4 is 4.90 Å². The van der Waals surface area contributed by atoms with Crippen molar-refractivity contribution in [1.82, 2.24) is 0 Å². The van der Waals surface area contributed by atoms with Crippen LogP contribution in [0.5, 0.6) is 0 Å². The molecule has 7 heteroatoms. The van der Waals surface area contributed by atoms with E-state index in [1.54, 1.807) is 0 Å². The van der Waals surface area contributed by atoms with Crippen LogP contribution in [0, 0.1) is 5.41 Å². The van der Waals surface area contributed by atoms with Gasteiger partial charge in [-0.1, -0.05) is 203 Å². The Balaban J connectivity index is 1.54. The van der Waals surface area contributed by atoms with Crippen molar-refractivity contribution >= 4 is 35.2 Å². The third-order valence-electron chi connectivity index (χ3n) is 15.3. The molecule has 0 fully saturated rings. The second-order valence-corrected chi connectivity index (χ2v) is 20.3. The summed E-state index contributed by atoms with van der Waals surface area (Å²) in [5.74, 6) is -1.64. The average Bonchev–Trinajstić information content (AvgIpc) is 3.79. The van der Waals surface area contributed by atoms with Crippen molar-refractivity contribution in [3.8, 4) is 22.3 Å². The van der Waals surface area contributed by atoms with Crippen LogP contribution in [0.4, 0.5) is 11.4 Å². The molecule has 4 aromatic rings. The van der Waals surface area contributed by atoms with Gasteiger partial charge in [0.2, 0.25) is 5.69 Å². The molecule has 6 rings (SSSR count). The summed E-state index contributed by atoms with van der Waals surface area (Å²) in [5, 5.41) is 29.3. The molecule has 0 aromatic heterocycles. The fourth-order valence-corrected chi connectivity index (χ4v) is 11.6.